The number of aliphatic carboxylic acids is 1. The lowest BCUT2D eigenvalue weighted by Gasteiger charge is -2.47. The fraction of sp³-hybridized carbons (Fsp3) is 0.673. The molecule has 2 amide bonds. The van der Waals surface area contributed by atoms with Crippen molar-refractivity contribution in [2.75, 3.05) is 27.4 Å². The monoisotopic (exact) mass is 1030 g/mol. The molecule has 6 N–H and O–H groups in total. The van der Waals surface area contributed by atoms with E-state index in [0.717, 1.165) is 4.90 Å². The molecule has 1 saturated carbocycles. The van der Waals surface area contributed by atoms with Crippen LogP contribution in [-0.2, 0) is 54.1 Å². The number of esters is 1. The number of ketones is 2. The molecule has 3 heterocycles. The fourth-order valence-corrected chi connectivity index (χ4v) is 11.1. The number of rotatable bonds is 13. The molecule has 17 nitrogen and oxygen atoms in total. The number of carboxylic acid groups (broad SMARTS) is 1. The summed E-state index contributed by atoms with van der Waals surface area (Å²) in [6.45, 7) is 14.0. The lowest BCUT2D eigenvalue weighted by molar-refractivity contribution is -0.302. The molecule has 2 saturated heterocycles. The SMILES string of the molecule is C=CCOC1CC(C=C(C)C2OC(=O)C3CCCCN3C(=O)C(=O)C3(O)OC(C(OC)CC(C)C(F)/C(C)=C/C(CC)C(=O)CC(O)C2C)C(OC)CC3C)CCC1NC(=O)c1ccccc1C[C@H](N)C(=O)O. The van der Waals surface area contributed by atoms with Gasteiger partial charge >= 0.3 is 11.9 Å². The Balaban J connectivity index is 1.49. The van der Waals surface area contributed by atoms with Crippen molar-refractivity contribution in [2.24, 2.45) is 35.3 Å². The second-order valence-corrected chi connectivity index (χ2v) is 20.8. The Labute approximate surface area is 429 Å². The highest BCUT2D eigenvalue weighted by Gasteiger charge is 2.57. The quantitative estimate of drug-likeness (QED) is 0.0947. The van der Waals surface area contributed by atoms with Gasteiger partial charge in [0.1, 0.15) is 36.2 Å². The van der Waals surface area contributed by atoms with E-state index in [1.807, 2.05) is 6.08 Å². The molecule has 15 unspecified atom stereocenters. The van der Waals surface area contributed by atoms with Crippen molar-refractivity contribution in [3.8, 4) is 0 Å². The highest BCUT2D eigenvalue weighted by molar-refractivity contribution is 6.39. The summed E-state index contributed by atoms with van der Waals surface area (Å²) in [4.78, 5) is 83.9. The van der Waals surface area contributed by atoms with Crippen LogP contribution in [0.1, 0.15) is 122 Å². The first kappa shape index (κ1) is 59.2. The number of nitrogens with two attached hydrogens (primary N) is 1. The molecule has 16 atom stereocenters. The maximum atomic E-state index is 16.4. The lowest BCUT2D eigenvalue weighted by atomic mass is 9.80. The second kappa shape index (κ2) is 26.7. The summed E-state index contributed by atoms with van der Waals surface area (Å²) >= 11 is 0. The van der Waals surface area contributed by atoms with Crippen molar-refractivity contribution in [1.82, 2.24) is 10.2 Å². The van der Waals surface area contributed by atoms with Gasteiger partial charge in [0, 0.05) is 50.5 Å². The zero-order valence-electron chi connectivity index (χ0n) is 43.8. The smallest absolute Gasteiger partial charge is 0.329 e. The van der Waals surface area contributed by atoms with Gasteiger partial charge in [0.05, 0.1) is 37.1 Å². The number of cyclic esters (lactones) is 1. The van der Waals surface area contributed by atoms with E-state index in [2.05, 4.69) is 11.9 Å². The second-order valence-electron chi connectivity index (χ2n) is 20.8. The first-order valence-corrected chi connectivity index (χ1v) is 25.9. The number of carbonyl (C=O) groups is 6. The summed E-state index contributed by atoms with van der Waals surface area (Å²) in [7, 11) is 2.85. The number of amides is 2. The molecular weight excluding hydrogens is 946 g/mol. The molecule has 0 radical (unpaired) electrons. The number of methoxy groups -OCH3 is 2. The van der Waals surface area contributed by atoms with E-state index >= 15 is 4.39 Å². The molecule has 0 spiro atoms. The molecule has 1 aromatic carbocycles. The van der Waals surface area contributed by atoms with Gasteiger partial charge in [0.15, 0.2) is 0 Å². The Morgan fingerprint density at radius 1 is 1.03 bits per heavy atom. The molecule has 18 heteroatoms. The van der Waals surface area contributed by atoms with Crippen molar-refractivity contribution < 1.29 is 72.2 Å². The Kier molecular flexibility index (Phi) is 21.6. The summed E-state index contributed by atoms with van der Waals surface area (Å²) in [5.74, 6) is -11.3. The van der Waals surface area contributed by atoms with Crippen LogP contribution in [-0.4, -0.2) is 150 Å². The Bertz CT molecular complexity index is 2190. The number of fused-ring (bicyclic) bond motifs is 3. The maximum Gasteiger partial charge on any atom is 0.329 e. The van der Waals surface area contributed by atoms with Crippen molar-refractivity contribution in [3.63, 3.8) is 0 Å². The first-order valence-electron chi connectivity index (χ1n) is 25.9. The van der Waals surface area contributed by atoms with Crippen molar-refractivity contribution in [2.45, 2.75) is 179 Å². The molecule has 73 heavy (non-hydrogen) atoms. The molecule has 4 aliphatic rings. The van der Waals surface area contributed by atoms with E-state index in [-0.39, 0.29) is 57.0 Å². The predicted octanol–water partition coefficient (Wildman–Crippen LogP) is 5.37. The molecule has 0 aromatic heterocycles. The van der Waals surface area contributed by atoms with Crippen LogP contribution in [0.5, 0.6) is 0 Å². The third-order valence-electron chi connectivity index (χ3n) is 15.6. The van der Waals surface area contributed by atoms with Gasteiger partial charge in [0.2, 0.25) is 5.79 Å². The number of aliphatic hydroxyl groups is 2. The Hall–Kier alpha value is -4.69. The summed E-state index contributed by atoms with van der Waals surface area (Å²) < 4.78 is 46.8. The zero-order chi connectivity index (χ0) is 53.9. The number of halogens is 1. The average Bonchev–Trinajstić information content (AvgIpc) is 3.37. The van der Waals surface area contributed by atoms with Gasteiger partial charge in [-0.2, -0.15) is 0 Å². The number of hydrogen-bond donors (Lipinski definition) is 5. The average molecular weight is 1030 g/mol. The number of hydrogen-bond acceptors (Lipinski definition) is 14. The number of alkyl halides is 1. The summed E-state index contributed by atoms with van der Waals surface area (Å²) in [5.41, 5.74) is 7.44. The minimum Gasteiger partial charge on any atom is -0.480 e. The molecular formula is C55H80FN3O14. The third kappa shape index (κ3) is 14.4. The van der Waals surface area contributed by atoms with E-state index in [4.69, 9.17) is 29.4 Å². The topological polar surface area (TPSA) is 251 Å². The number of aliphatic hydroxyl groups excluding tert-OH is 1. The number of benzene rings is 1. The van der Waals surface area contributed by atoms with Gasteiger partial charge in [-0.3, -0.25) is 24.0 Å². The fourth-order valence-electron chi connectivity index (χ4n) is 11.1. The highest BCUT2D eigenvalue weighted by atomic mass is 19.1. The number of carbonyl (C=O) groups excluding carboxylic acids is 5. The number of Topliss-reactive ketones (excluding diaryl/α,β-unsaturated/α-hetero) is 2. The van der Waals surface area contributed by atoms with Crippen LogP contribution in [0.15, 0.2) is 60.2 Å². The van der Waals surface area contributed by atoms with Crippen molar-refractivity contribution in [3.05, 3.63) is 71.3 Å². The molecule has 3 fully saturated rings. The summed E-state index contributed by atoms with van der Waals surface area (Å²) in [6.07, 6.45) is 0.431. The number of nitrogens with one attached hydrogen (secondary N) is 1. The van der Waals surface area contributed by atoms with Crippen LogP contribution in [0.25, 0.3) is 0 Å². The minimum absolute atomic E-state index is 0.000710. The van der Waals surface area contributed by atoms with Crippen LogP contribution in [0.3, 0.4) is 0 Å². The van der Waals surface area contributed by atoms with Gasteiger partial charge in [0.25, 0.3) is 17.6 Å². The number of allylic oxidation sites excluding steroid dienone is 3. The van der Waals surface area contributed by atoms with Gasteiger partial charge < -0.3 is 55.0 Å². The molecule has 1 aromatic rings. The lowest BCUT2D eigenvalue weighted by Crippen LogP contribution is -2.64. The van der Waals surface area contributed by atoms with Crippen LogP contribution in [0.2, 0.25) is 0 Å². The van der Waals surface area contributed by atoms with Crippen LogP contribution in [0.4, 0.5) is 4.39 Å². The number of carboxylic acids is 1. The summed E-state index contributed by atoms with van der Waals surface area (Å²) in [5, 5.41) is 36.6. The minimum atomic E-state index is -2.66. The van der Waals surface area contributed by atoms with Gasteiger partial charge in [-0.25, -0.2) is 9.18 Å². The van der Waals surface area contributed by atoms with Gasteiger partial charge in [-0.05, 0) is 113 Å². The number of ether oxygens (including phenoxy) is 5. The van der Waals surface area contributed by atoms with Crippen LogP contribution in [0, 0.1) is 29.6 Å². The highest BCUT2D eigenvalue weighted by Crippen LogP contribution is 2.40. The standard InChI is InChI=1S/C55H80FN3O14/c1-10-22-71-44-27-35(19-20-40(44)58-51(63)38-17-13-12-16-37(38)28-39(57)53(65)66)23-32(5)48-34(7)42(60)29-43(61)36(11-2)24-30(3)47(56)31(4)25-45(69-8)49-46(70-9)26-33(6)55(68,73-49)50(62)52(64)59-21-15-14-18-41(59)54(67)72-48/h10,12-13,16-17,23-24,31,33-36,39-42,44-49,60,68H,1,11,14-15,18-22,25-29,57H2,2-9H3,(H,58,63)(H,65,66)/b30-24+,32-23?/t31?,33?,34?,35?,36?,39-,40?,41?,42?,44?,45?,46?,47?,48?,49?,55?/m0/s1. The van der Waals surface area contributed by atoms with Crippen molar-refractivity contribution >= 4 is 35.3 Å². The van der Waals surface area contributed by atoms with Gasteiger partial charge in [-0.1, -0.05) is 64.1 Å². The van der Waals surface area contributed by atoms with E-state index in [1.54, 1.807) is 78.0 Å². The maximum absolute atomic E-state index is 16.4. The predicted molar refractivity (Wildman–Crippen MR) is 268 cm³/mol. The van der Waals surface area contributed by atoms with Crippen molar-refractivity contribution in [1.29, 1.82) is 0 Å². The van der Waals surface area contributed by atoms with E-state index < -0.39 is 120 Å². The molecule has 5 rings (SSSR count). The molecule has 2 bridgehead atoms. The molecule has 3 aliphatic heterocycles. The molecule has 406 valence electrons. The zero-order valence-corrected chi connectivity index (χ0v) is 43.8. The normalized spacial score (nSPS) is 35.9. The van der Waals surface area contributed by atoms with E-state index in [0.29, 0.717) is 60.8 Å². The largest absolute Gasteiger partial charge is 0.480 e. The Morgan fingerprint density at radius 3 is 2.37 bits per heavy atom. The van der Waals surface area contributed by atoms with E-state index in [1.165, 1.54) is 14.2 Å². The number of nitrogens with zero attached hydrogens (tertiary/aromatic N) is 1. The third-order valence-corrected chi connectivity index (χ3v) is 15.6. The summed E-state index contributed by atoms with van der Waals surface area (Å²) in [6, 6.07) is 3.76. The van der Waals surface area contributed by atoms with Crippen LogP contribution < -0.4 is 11.1 Å². The Morgan fingerprint density at radius 2 is 1.71 bits per heavy atom. The van der Waals surface area contributed by atoms with E-state index in [9.17, 15) is 44.1 Å². The molecule has 1 aliphatic carbocycles. The first-order chi connectivity index (χ1) is 34.6. The van der Waals surface area contributed by atoms with Crippen LogP contribution >= 0.6 is 0 Å². The van der Waals surface area contributed by atoms with Gasteiger partial charge in [-0.15, -0.1) is 6.58 Å². The number of piperidine rings is 1.